The SMILES string of the molecule is CC(C)(C)c1ccc(CCc2ccccn2)cc1. The number of aromatic nitrogens is 1. The van der Waals surface area contributed by atoms with Gasteiger partial charge in [0.05, 0.1) is 0 Å². The van der Waals surface area contributed by atoms with Crippen LogP contribution in [-0.2, 0) is 18.3 Å². The lowest BCUT2D eigenvalue weighted by Crippen LogP contribution is -2.10. The summed E-state index contributed by atoms with van der Waals surface area (Å²) in [7, 11) is 0. The van der Waals surface area contributed by atoms with Gasteiger partial charge in [-0.1, -0.05) is 51.1 Å². The zero-order valence-electron chi connectivity index (χ0n) is 11.5. The summed E-state index contributed by atoms with van der Waals surface area (Å²) in [5, 5.41) is 0. The van der Waals surface area contributed by atoms with Crippen molar-refractivity contribution < 1.29 is 0 Å². The molecule has 1 heterocycles. The maximum atomic E-state index is 4.35. The Morgan fingerprint density at radius 2 is 1.61 bits per heavy atom. The number of hydrogen-bond donors (Lipinski definition) is 0. The zero-order valence-corrected chi connectivity index (χ0v) is 11.5. The van der Waals surface area contributed by atoms with Gasteiger partial charge in [0.1, 0.15) is 0 Å². The molecular formula is C17H21N. The molecule has 1 aromatic heterocycles. The van der Waals surface area contributed by atoms with Gasteiger partial charge in [0.2, 0.25) is 0 Å². The lowest BCUT2D eigenvalue weighted by atomic mass is 9.86. The fraction of sp³-hybridized carbons (Fsp3) is 0.353. The van der Waals surface area contributed by atoms with Crippen molar-refractivity contribution in [3.63, 3.8) is 0 Å². The van der Waals surface area contributed by atoms with Gasteiger partial charge in [-0.05, 0) is 41.5 Å². The smallest absolute Gasteiger partial charge is 0.0406 e. The first-order chi connectivity index (χ1) is 8.55. The lowest BCUT2D eigenvalue weighted by molar-refractivity contribution is 0.590. The van der Waals surface area contributed by atoms with E-state index in [1.165, 1.54) is 11.1 Å². The highest BCUT2D eigenvalue weighted by Gasteiger charge is 2.12. The molecule has 0 amide bonds. The van der Waals surface area contributed by atoms with E-state index >= 15 is 0 Å². The van der Waals surface area contributed by atoms with E-state index in [9.17, 15) is 0 Å². The Balaban J connectivity index is 1.99. The average molecular weight is 239 g/mol. The molecule has 0 spiro atoms. The molecule has 2 rings (SSSR count). The molecule has 0 unspecified atom stereocenters. The second-order valence-electron chi connectivity index (χ2n) is 5.77. The average Bonchev–Trinajstić information content (AvgIpc) is 2.37. The highest BCUT2D eigenvalue weighted by molar-refractivity contribution is 5.28. The highest BCUT2D eigenvalue weighted by atomic mass is 14.7. The standard InChI is InChI=1S/C17H21N/c1-17(2,3)15-10-7-14(8-11-15)9-12-16-6-4-5-13-18-16/h4-8,10-11,13H,9,12H2,1-3H3. The molecule has 0 radical (unpaired) electrons. The van der Waals surface area contributed by atoms with Crippen LogP contribution in [0.25, 0.3) is 0 Å². The van der Waals surface area contributed by atoms with Crippen molar-refractivity contribution in [2.24, 2.45) is 0 Å². The van der Waals surface area contributed by atoms with Gasteiger partial charge in [0.25, 0.3) is 0 Å². The molecule has 0 atom stereocenters. The molecule has 1 aromatic carbocycles. The Kier molecular flexibility index (Phi) is 3.81. The summed E-state index contributed by atoms with van der Waals surface area (Å²) in [5.74, 6) is 0. The molecule has 0 aliphatic rings. The summed E-state index contributed by atoms with van der Waals surface area (Å²) in [6, 6.07) is 15.1. The van der Waals surface area contributed by atoms with Gasteiger partial charge in [-0.15, -0.1) is 0 Å². The van der Waals surface area contributed by atoms with Crippen molar-refractivity contribution in [3.05, 3.63) is 65.5 Å². The van der Waals surface area contributed by atoms with Crippen LogP contribution in [0.3, 0.4) is 0 Å². The lowest BCUT2D eigenvalue weighted by Gasteiger charge is -2.19. The van der Waals surface area contributed by atoms with Crippen LogP contribution in [-0.4, -0.2) is 4.98 Å². The van der Waals surface area contributed by atoms with Crippen LogP contribution in [0.2, 0.25) is 0 Å². The Morgan fingerprint density at radius 1 is 0.889 bits per heavy atom. The van der Waals surface area contributed by atoms with E-state index in [1.807, 2.05) is 18.3 Å². The molecule has 2 aromatic rings. The van der Waals surface area contributed by atoms with Crippen LogP contribution >= 0.6 is 0 Å². The fourth-order valence-electron chi connectivity index (χ4n) is 1.99. The van der Waals surface area contributed by atoms with E-state index in [4.69, 9.17) is 0 Å². The number of nitrogens with zero attached hydrogens (tertiary/aromatic N) is 1. The van der Waals surface area contributed by atoms with Gasteiger partial charge in [-0.2, -0.15) is 0 Å². The van der Waals surface area contributed by atoms with Crippen LogP contribution < -0.4 is 0 Å². The number of rotatable bonds is 3. The number of benzene rings is 1. The molecule has 0 aliphatic heterocycles. The molecular weight excluding hydrogens is 218 g/mol. The normalized spacial score (nSPS) is 11.5. The van der Waals surface area contributed by atoms with Gasteiger partial charge in [0.15, 0.2) is 0 Å². The van der Waals surface area contributed by atoms with Crippen molar-refractivity contribution in [1.29, 1.82) is 0 Å². The second kappa shape index (κ2) is 5.34. The summed E-state index contributed by atoms with van der Waals surface area (Å²) in [6.45, 7) is 6.74. The van der Waals surface area contributed by atoms with E-state index < -0.39 is 0 Å². The topological polar surface area (TPSA) is 12.9 Å². The van der Waals surface area contributed by atoms with Gasteiger partial charge in [0, 0.05) is 11.9 Å². The molecule has 0 saturated carbocycles. The Hall–Kier alpha value is -1.63. The van der Waals surface area contributed by atoms with Gasteiger partial charge in [-0.25, -0.2) is 0 Å². The highest BCUT2D eigenvalue weighted by Crippen LogP contribution is 2.22. The third-order valence-electron chi connectivity index (χ3n) is 3.22. The Morgan fingerprint density at radius 3 is 2.17 bits per heavy atom. The summed E-state index contributed by atoms with van der Waals surface area (Å²) in [6.07, 6.45) is 3.93. The monoisotopic (exact) mass is 239 g/mol. The van der Waals surface area contributed by atoms with Crippen molar-refractivity contribution in [2.75, 3.05) is 0 Å². The summed E-state index contributed by atoms with van der Waals surface area (Å²) in [4.78, 5) is 4.35. The fourth-order valence-corrected chi connectivity index (χ4v) is 1.99. The molecule has 0 N–H and O–H groups in total. The molecule has 0 aliphatic carbocycles. The minimum absolute atomic E-state index is 0.236. The third kappa shape index (κ3) is 3.43. The largest absolute Gasteiger partial charge is 0.261 e. The van der Waals surface area contributed by atoms with Gasteiger partial charge < -0.3 is 0 Å². The maximum absolute atomic E-state index is 4.35. The minimum Gasteiger partial charge on any atom is -0.261 e. The van der Waals surface area contributed by atoms with Crippen molar-refractivity contribution >= 4 is 0 Å². The third-order valence-corrected chi connectivity index (χ3v) is 3.22. The Labute approximate surface area is 110 Å². The van der Waals surface area contributed by atoms with Crippen LogP contribution in [0.4, 0.5) is 0 Å². The maximum Gasteiger partial charge on any atom is 0.0406 e. The first kappa shape index (κ1) is 12.8. The van der Waals surface area contributed by atoms with Gasteiger partial charge in [-0.3, -0.25) is 4.98 Å². The molecule has 18 heavy (non-hydrogen) atoms. The summed E-state index contributed by atoms with van der Waals surface area (Å²) >= 11 is 0. The van der Waals surface area contributed by atoms with E-state index in [0.717, 1.165) is 18.5 Å². The first-order valence-corrected chi connectivity index (χ1v) is 6.55. The predicted molar refractivity (Wildman–Crippen MR) is 76.8 cm³/mol. The van der Waals surface area contributed by atoms with Crippen molar-refractivity contribution in [1.82, 2.24) is 4.98 Å². The minimum atomic E-state index is 0.236. The number of hydrogen-bond acceptors (Lipinski definition) is 1. The number of aryl methyl sites for hydroxylation is 2. The van der Waals surface area contributed by atoms with Crippen LogP contribution in [0, 0.1) is 0 Å². The molecule has 1 heteroatoms. The van der Waals surface area contributed by atoms with E-state index in [0.29, 0.717) is 0 Å². The van der Waals surface area contributed by atoms with Crippen molar-refractivity contribution in [2.45, 2.75) is 39.0 Å². The van der Waals surface area contributed by atoms with E-state index in [-0.39, 0.29) is 5.41 Å². The molecule has 0 bridgehead atoms. The first-order valence-electron chi connectivity index (χ1n) is 6.55. The zero-order chi connectivity index (χ0) is 13.0. The predicted octanol–water partition coefficient (Wildman–Crippen LogP) is 4.16. The molecule has 94 valence electrons. The summed E-state index contributed by atoms with van der Waals surface area (Å²) < 4.78 is 0. The van der Waals surface area contributed by atoms with Crippen molar-refractivity contribution in [3.8, 4) is 0 Å². The van der Waals surface area contributed by atoms with Gasteiger partial charge >= 0.3 is 0 Å². The summed E-state index contributed by atoms with van der Waals surface area (Å²) in [5.41, 5.74) is 4.18. The molecule has 0 fully saturated rings. The van der Waals surface area contributed by atoms with E-state index in [1.54, 1.807) is 0 Å². The second-order valence-corrected chi connectivity index (χ2v) is 5.77. The van der Waals surface area contributed by atoms with E-state index in [2.05, 4.69) is 56.1 Å². The molecule has 0 saturated heterocycles. The Bertz CT molecular complexity index is 477. The van der Waals surface area contributed by atoms with Crippen LogP contribution in [0.1, 0.15) is 37.6 Å². The molecule has 1 nitrogen and oxygen atoms in total. The van der Waals surface area contributed by atoms with Crippen LogP contribution in [0.5, 0.6) is 0 Å². The quantitative estimate of drug-likeness (QED) is 0.783. The van der Waals surface area contributed by atoms with Crippen LogP contribution in [0.15, 0.2) is 48.7 Å². The number of pyridine rings is 1.